The van der Waals surface area contributed by atoms with Crippen LogP contribution in [0.2, 0.25) is 0 Å². The Morgan fingerprint density at radius 2 is 1.78 bits per heavy atom. The van der Waals surface area contributed by atoms with E-state index in [0.717, 1.165) is 6.42 Å². The van der Waals surface area contributed by atoms with Crippen LogP contribution < -0.4 is 5.73 Å². The number of carbonyl (C=O) groups is 1. The zero-order valence-corrected chi connectivity index (χ0v) is 11.9. The highest BCUT2D eigenvalue weighted by Gasteiger charge is 2.37. The highest BCUT2D eigenvalue weighted by Crippen LogP contribution is 2.20. The van der Waals surface area contributed by atoms with Crippen LogP contribution in [0.5, 0.6) is 0 Å². The van der Waals surface area contributed by atoms with Crippen LogP contribution in [0.3, 0.4) is 0 Å². The van der Waals surface area contributed by atoms with Crippen molar-refractivity contribution in [3.8, 4) is 0 Å². The molecule has 1 amide bonds. The summed E-state index contributed by atoms with van der Waals surface area (Å²) in [7, 11) is 3.30. The lowest BCUT2D eigenvalue weighted by Crippen LogP contribution is -2.39. The third kappa shape index (κ3) is 3.67. The van der Waals surface area contributed by atoms with Gasteiger partial charge in [-0.2, -0.15) is 0 Å². The number of carbonyl (C=O) groups excluding carboxylic acids is 1. The molecule has 0 aromatic rings. The summed E-state index contributed by atoms with van der Waals surface area (Å²) in [5, 5.41) is 0. The van der Waals surface area contributed by atoms with Crippen LogP contribution in [0, 0.1) is 11.8 Å². The number of rotatable bonds is 6. The summed E-state index contributed by atoms with van der Waals surface area (Å²) in [4.78, 5) is 14.2. The molecule has 1 aliphatic heterocycles. The lowest BCUT2D eigenvalue weighted by atomic mass is 9.96. The second-order valence-corrected chi connectivity index (χ2v) is 5.35. The van der Waals surface area contributed by atoms with Gasteiger partial charge in [0.15, 0.2) is 0 Å². The molecule has 2 N–H and O–H groups in total. The molecular weight excluding hydrogens is 232 g/mol. The van der Waals surface area contributed by atoms with Gasteiger partial charge in [0.1, 0.15) is 12.2 Å². The Morgan fingerprint density at radius 3 is 2.11 bits per heavy atom. The first-order chi connectivity index (χ1) is 8.53. The van der Waals surface area contributed by atoms with E-state index in [-0.39, 0.29) is 24.0 Å². The quantitative estimate of drug-likeness (QED) is 0.752. The van der Waals surface area contributed by atoms with E-state index in [0.29, 0.717) is 25.6 Å². The van der Waals surface area contributed by atoms with Crippen molar-refractivity contribution in [1.82, 2.24) is 4.90 Å². The van der Waals surface area contributed by atoms with Crippen LogP contribution in [0.15, 0.2) is 0 Å². The normalized spacial score (nSPS) is 25.8. The lowest BCUT2D eigenvalue weighted by Gasteiger charge is -2.23. The van der Waals surface area contributed by atoms with Gasteiger partial charge in [-0.3, -0.25) is 4.79 Å². The van der Waals surface area contributed by atoms with Crippen LogP contribution in [0.4, 0.5) is 0 Å². The Kier molecular flexibility index (Phi) is 6.05. The largest absolute Gasteiger partial charge is 0.377 e. The fraction of sp³-hybridized carbons (Fsp3) is 0.923. The van der Waals surface area contributed by atoms with Crippen molar-refractivity contribution in [1.29, 1.82) is 0 Å². The van der Waals surface area contributed by atoms with Crippen LogP contribution in [0.1, 0.15) is 20.3 Å². The predicted octanol–water partition coefficient (Wildman–Crippen LogP) is 0.480. The molecular formula is C13H26N2O3. The number of likely N-dealkylation sites (tertiary alicyclic amines) is 1. The zero-order chi connectivity index (χ0) is 13.7. The molecule has 106 valence electrons. The van der Waals surface area contributed by atoms with Gasteiger partial charge in [0.2, 0.25) is 5.91 Å². The maximum absolute atomic E-state index is 12.4. The van der Waals surface area contributed by atoms with E-state index >= 15 is 0 Å². The van der Waals surface area contributed by atoms with Crippen LogP contribution in [-0.2, 0) is 14.3 Å². The maximum Gasteiger partial charge on any atom is 0.227 e. The Morgan fingerprint density at radius 1 is 1.28 bits per heavy atom. The van der Waals surface area contributed by atoms with Gasteiger partial charge < -0.3 is 20.1 Å². The van der Waals surface area contributed by atoms with E-state index in [9.17, 15) is 4.79 Å². The van der Waals surface area contributed by atoms with Gasteiger partial charge in [-0.1, -0.05) is 13.8 Å². The molecule has 0 aliphatic carbocycles. The summed E-state index contributed by atoms with van der Waals surface area (Å²) >= 11 is 0. The molecule has 3 atom stereocenters. The fourth-order valence-corrected chi connectivity index (χ4v) is 2.50. The molecule has 5 heteroatoms. The summed E-state index contributed by atoms with van der Waals surface area (Å²) < 4.78 is 10.7. The average molecular weight is 258 g/mol. The molecule has 1 heterocycles. The first-order valence-corrected chi connectivity index (χ1v) is 6.57. The molecule has 1 rings (SSSR count). The molecule has 0 aromatic heterocycles. The average Bonchev–Trinajstić information content (AvgIpc) is 2.77. The Bertz CT molecular complexity index is 259. The van der Waals surface area contributed by atoms with Gasteiger partial charge in [0, 0.05) is 33.9 Å². The summed E-state index contributed by atoms with van der Waals surface area (Å²) in [5.41, 5.74) is 5.71. The third-order valence-electron chi connectivity index (χ3n) is 3.52. The van der Waals surface area contributed by atoms with Crippen molar-refractivity contribution in [3.05, 3.63) is 0 Å². The van der Waals surface area contributed by atoms with Gasteiger partial charge in [-0.05, 0) is 12.3 Å². The van der Waals surface area contributed by atoms with Crippen molar-refractivity contribution in [3.63, 3.8) is 0 Å². The highest BCUT2D eigenvalue weighted by atomic mass is 16.5. The van der Waals surface area contributed by atoms with Crippen LogP contribution in [0.25, 0.3) is 0 Å². The Labute approximate surface area is 110 Å². The number of hydrogen-bond acceptors (Lipinski definition) is 4. The van der Waals surface area contributed by atoms with E-state index in [1.54, 1.807) is 14.2 Å². The number of amides is 1. The number of nitrogens with zero attached hydrogens (tertiary/aromatic N) is 1. The lowest BCUT2D eigenvalue weighted by molar-refractivity contribution is -0.135. The van der Waals surface area contributed by atoms with Gasteiger partial charge in [0.25, 0.3) is 0 Å². The second-order valence-electron chi connectivity index (χ2n) is 5.35. The van der Waals surface area contributed by atoms with Gasteiger partial charge >= 0.3 is 0 Å². The van der Waals surface area contributed by atoms with Crippen LogP contribution in [-0.4, -0.2) is 56.9 Å². The minimum atomic E-state index is -0.0851. The molecule has 0 radical (unpaired) electrons. The van der Waals surface area contributed by atoms with Crippen molar-refractivity contribution in [2.75, 3.05) is 33.9 Å². The fourth-order valence-electron chi connectivity index (χ4n) is 2.50. The monoisotopic (exact) mass is 258 g/mol. The molecule has 3 unspecified atom stereocenters. The van der Waals surface area contributed by atoms with E-state index in [1.807, 2.05) is 4.90 Å². The van der Waals surface area contributed by atoms with Crippen molar-refractivity contribution in [2.24, 2.45) is 17.6 Å². The standard InChI is InChI=1S/C13H26N2O3/c1-9(2)5-10(6-14)13(16)15-7-11(17-3)12(8-15)18-4/h9-12H,5-8,14H2,1-4H3. The zero-order valence-electron chi connectivity index (χ0n) is 11.9. The first kappa shape index (κ1) is 15.4. The Hall–Kier alpha value is -0.650. The van der Waals surface area contributed by atoms with Gasteiger partial charge in [-0.15, -0.1) is 0 Å². The number of hydrogen-bond donors (Lipinski definition) is 1. The maximum atomic E-state index is 12.4. The summed E-state index contributed by atoms with van der Waals surface area (Å²) in [6, 6.07) is 0. The van der Waals surface area contributed by atoms with E-state index in [1.165, 1.54) is 0 Å². The minimum absolute atomic E-state index is 0.0311. The number of methoxy groups -OCH3 is 2. The van der Waals surface area contributed by atoms with Crippen molar-refractivity contribution >= 4 is 5.91 Å². The second kappa shape index (κ2) is 7.07. The molecule has 0 bridgehead atoms. The Balaban J connectivity index is 2.61. The topological polar surface area (TPSA) is 64.8 Å². The third-order valence-corrected chi connectivity index (χ3v) is 3.52. The molecule has 18 heavy (non-hydrogen) atoms. The summed E-state index contributed by atoms with van der Waals surface area (Å²) in [6.07, 6.45) is 0.772. The van der Waals surface area contributed by atoms with Crippen molar-refractivity contribution < 1.29 is 14.3 Å². The predicted molar refractivity (Wildman–Crippen MR) is 70.2 cm³/mol. The molecule has 0 saturated carbocycles. The van der Waals surface area contributed by atoms with E-state index in [4.69, 9.17) is 15.2 Å². The van der Waals surface area contributed by atoms with Crippen LogP contribution >= 0.6 is 0 Å². The minimum Gasteiger partial charge on any atom is -0.377 e. The smallest absolute Gasteiger partial charge is 0.227 e. The summed E-state index contributed by atoms with van der Waals surface area (Å²) in [5.74, 6) is 0.521. The van der Waals surface area contributed by atoms with Gasteiger partial charge in [-0.25, -0.2) is 0 Å². The number of ether oxygens (including phenoxy) is 2. The van der Waals surface area contributed by atoms with Crippen molar-refractivity contribution in [2.45, 2.75) is 32.5 Å². The molecule has 5 nitrogen and oxygen atoms in total. The molecule has 1 aliphatic rings. The molecule has 0 spiro atoms. The SMILES string of the molecule is COC1CN(C(=O)C(CN)CC(C)C)CC1OC. The van der Waals surface area contributed by atoms with Gasteiger partial charge in [0.05, 0.1) is 5.92 Å². The number of nitrogens with two attached hydrogens (primary N) is 1. The molecule has 1 fully saturated rings. The molecule has 0 aromatic carbocycles. The van der Waals surface area contributed by atoms with E-state index in [2.05, 4.69) is 13.8 Å². The molecule has 1 saturated heterocycles. The first-order valence-electron chi connectivity index (χ1n) is 6.57. The van der Waals surface area contributed by atoms with E-state index < -0.39 is 0 Å². The highest BCUT2D eigenvalue weighted by molar-refractivity contribution is 5.79. The summed E-state index contributed by atoms with van der Waals surface area (Å²) in [6.45, 7) is 5.82.